The van der Waals surface area contributed by atoms with Crippen LogP contribution in [0.25, 0.3) is 16.5 Å². The van der Waals surface area contributed by atoms with E-state index in [4.69, 9.17) is 4.74 Å². The van der Waals surface area contributed by atoms with E-state index in [2.05, 4.69) is 57.7 Å². The summed E-state index contributed by atoms with van der Waals surface area (Å²) in [7, 11) is 1.51. The van der Waals surface area contributed by atoms with Gasteiger partial charge >= 0.3 is 0 Å². The van der Waals surface area contributed by atoms with Crippen molar-refractivity contribution in [2.45, 2.75) is 33.1 Å². The Bertz CT molecular complexity index is 1140. The molecule has 0 fully saturated rings. The maximum absolute atomic E-state index is 12.6. The topological polar surface area (TPSA) is 104 Å². The van der Waals surface area contributed by atoms with Crippen molar-refractivity contribution in [3.8, 4) is 5.19 Å². The molecule has 4 rings (SSSR count). The lowest BCUT2D eigenvalue weighted by atomic mass is 9.76. The summed E-state index contributed by atoms with van der Waals surface area (Å²) in [5.41, 5.74) is 8.18. The van der Waals surface area contributed by atoms with Gasteiger partial charge in [0.05, 0.1) is 7.11 Å². The van der Waals surface area contributed by atoms with E-state index in [0.29, 0.717) is 15.9 Å². The molecule has 0 aliphatic heterocycles. The zero-order valence-corrected chi connectivity index (χ0v) is 18.0. The van der Waals surface area contributed by atoms with Crippen molar-refractivity contribution in [2.24, 2.45) is 10.5 Å². The van der Waals surface area contributed by atoms with Crippen LogP contribution in [0.3, 0.4) is 0 Å². The number of anilines is 1. The van der Waals surface area contributed by atoms with E-state index in [-0.39, 0.29) is 11.3 Å². The van der Waals surface area contributed by atoms with Crippen molar-refractivity contribution in [1.29, 1.82) is 0 Å². The predicted octanol–water partition coefficient (Wildman–Crippen LogP) is 4.41. The number of hydrogen-bond donors (Lipinski definition) is 3. The summed E-state index contributed by atoms with van der Waals surface area (Å²) in [4.78, 5) is 16.1. The average molecular weight is 425 g/mol. The minimum absolute atomic E-state index is 0.223. The van der Waals surface area contributed by atoms with Crippen molar-refractivity contribution in [3.05, 3.63) is 41.2 Å². The van der Waals surface area contributed by atoms with E-state index in [9.17, 15) is 4.79 Å². The summed E-state index contributed by atoms with van der Waals surface area (Å²) < 4.78 is 5.01. The molecule has 1 aliphatic carbocycles. The van der Waals surface area contributed by atoms with Crippen LogP contribution in [-0.4, -0.2) is 34.9 Å². The van der Waals surface area contributed by atoms with E-state index < -0.39 is 0 Å². The number of aromatic amines is 1. The third-order valence-corrected chi connectivity index (χ3v) is 6.09. The molecule has 8 nitrogen and oxygen atoms in total. The Kier molecular flexibility index (Phi) is 5.29. The number of rotatable bonds is 6. The second-order valence-electron chi connectivity index (χ2n) is 8.08. The SMILES string of the molecule is C=NNC1=C(c2cc3cc(C(=O)Nc4nnc(OC)s4)ccc3[nH]2)CCC(C)(C)C1. The first kappa shape index (κ1) is 20.1. The van der Waals surface area contributed by atoms with E-state index in [1.807, 2.05) is 12.1 Å². The quantitative estimate of drug-likeness (QED) is 0.402. The number of fused-ring (bicyclic) bond motifs is 1. The average Bonchev–Trinajstić information content (AvgIpc) is 3.33. The van der Waals surface area contributed by atoms with Crippen molar-refractivity contribution in [2.75, 3.05) is 12.4 Å². The summed E-state index contributed by atoms with van der Waals surface area (Å²) in [5.74, 6) is -0.240. The highest BCUT2D eigenvalue weighted by Gasteiger charge is 2.28. The molecule has 0 radical (unpaired) electrons. The number of nitrogens with one attached hydrogen (secondary N) is 3. The van der Waals surface area contributed by atoms with Crippen LogP contribution < -0.4 is 15.5 Å². The molecule has 2 heterocycles. The van der Waals surface area contributed by atoms with Gasteiger partial charge in [-0.05, 0) is 65.9 Å². The molecular formula is C21H24N6O2S. The molecule has 0 saturated heterocycles. The Morgan fingerprint density at radius 2 is 2.17 bits per heavy atom. The minimum atomic E-state index is -0.240. The van der Waals surface area contributed by atoms with Gasteiger partial charge in [0.15, 0.2) is 0 Å². The predicted molar refractivity (Wildman–Crippen MR) is 120 cm³/mol. The number of H-pyrrole nitrogens is 1. The summed E-state index contributed by atoms with van der Waals surface area (Å²) in [6.45, 7) is 8.10. The van der Waals surface area contributed by atoms with Crippen LogP contribution >= 0.6 is 11.3 Å². The maximum atomic E-state index is 12.6. The molecular weight excluding hydrogens is 400 g/mol. The van der Waals surface area contributed by atoms with Gasteiger partial charge in [0.25, 0.3) is 11.1 Å². The molecule has 3 N–H and O–H groups in total. The number of ether oxygens (including phenoxy) is 1. The van der Waals surface area contributed by atoms with E-state index in [1.54, 1.807) is 6.07 Å². The number of aromatic nitrogens is 3. The highest BCUT2D eigenvalue weighted by atomic mass is 32.1. The number of carbonyl (C=O) groups excluding carboxylic acids is 1. The van der Waals surface area contributed by atoms with E-state index >= 15 is 0 Å². The first-order valence-corrected chi connectivity index (χ1v) is 10.5. The maximum Gasteiger partial charge on any atom is 0.295 e. The van der Waals surface area contributed by atoms with Gasteiger partial charge in [-0.25, -0.2) is 0 Å². The van der Waals surface area contributed by atoms with Crippen molar-refractivity contribution in [1.82, 2.24) is 20.6 Å². The van der Waals surface area contributed by atoms with Gasteiger partial charge in [-0.3, -0.25) is 15.5 Å². The third-order valence-electron chi connectivity index (χ3n) is 5.29. The number of amides is 1. The number of hydrogen-bond acceptors (Lipinski definition) is 7. The number of methoxy groups -OCH3 is 1. The summed E-state index contributed by atoms with van der Waals surface area (Å²) >= 11 is 1.18. The molecule has 9 heteroatoms. The molecule has 2 aromatic heterocycles. The highest BCUT2D eigenvalue weighted by Crippen LogP contribution is 2.41. The lowest BCUT2D eigenvalue weighted by Crippen LogP contribution is -2.23. The molecule has 0 atom stereocenters. The number of nitrogens with zero attached hydrogens (tertiary/aromatic N) is 3. The van der Waals surface area contributed by atoms with Crippen LogP contribution in [0.5, 0.6) is 5.19 Å². The van der Waals surface area contributed by atoms with Gasteiger partial charge in [-0.15, -0.1) is 5.10 Å². The van der Waals surface area contributed by atoms with Crippen LogP contribution in [0.2, 0.25) is 0 Å². The second-order valence-corrected chi connectivity index (χ2v) is 9.02. The fourth-order valence-corrected chi connectivity index (χ4v) is 4.29. The zero-order valence-electron chi connectivity index (χ0n) is 17.2. The summed E-state index contributed by atoms with van der Waals surface area (Å²) in [5, 5.41) is 16.1. The van der Waals surface area contributed by atoms with Crippen LogP contribution in [0.15, 0.2) is 35.1 Å². The van der Waals surface area contributed by atoms with Crippen molar-refractivity contribution in [3.63, 3.8) is 0 Å². The number of hydrazone groups is 1. The molecule has 1 aromatic carbocycles. The van der Waals surface area contributed by atoms with Crippen molar-refractivity contribution < 1.29 is 9.53 Å². The lowest BCUT2D eigenvalue weighted by molar-refractivity contribution is 0.102. The lowest BCUT2D eigenvalue weighted by Gasteiger charge is -2.32. The zero-order chi connectivity index (χ0) is 21.3. The smallest absolute Gasteiger partial charge is 0.295 e. The minimum Gasteiger partial charge on any atom is -0.472 e. The number of benzene rings is 1. The Morgan fingerprint density at radius 3 is 2.90 bits per heavy atom. The summed E-state index contributed by atoms with van der Waals surface area (Å²) in [6, 6.07) is 7.66. The van der Waals surface area contributed by atoms with E-state index in [1.165, 1.54) is 24.0 Å². The van der Waals surface area contributed by atoms with Crippen LogP contribution in [0.4, 0.5) is 5.13 Å². The van der Waals surface area contributed by atoms with Gasteiger partial charge in [0, 0.05) is 34.6 Å². The van der Waals surface area contributed by atoms with Gasteiger partial charge in [0.1, 0.15) is 0 Å². The second kappa shape index (κ2) is 7.91. The van der Waals surface area contributed by atoms with Crippen LogP contribution in [0.1, 0.15) is 49.2 Å². The Hall–Kier alpha value is -3.20. The first-order valence-electron chi connectivity index (χ1n) is 9.64. The number of allylic oxidation sites excluding steroid dienone is 2. The molecule has 0 spiro atoms. The fourth-order valence-electron chi connectivity index (χ4n) is 3.74. The normalized spacial score (nSPS) is 15.8. The number of carbonyl (C=O) groups is 1. The Balaban J connectivity index is 1.62. The largest absolute Gasteiger partial charge is 0.472 e. The third kappa shape index (κ3) is 4.06. The van der Waals surface area contributed by atoms with Gasteiger partial charge in [0.2, 0.25) is 5.13 Å². The van der Waals surface area contributed by atoms with Gasteiger partial charge in [-0.2, -0.15) is 5.10 Å². The standard InChI is InChI=1S/C21H24N6O2S/c1-21(2)8-7-14(17(11-21)25-22-3)16-10-13-9-12(5-6-15(13)23-16)18(28)24-19-26-27-20(29-4)30-19/h5-6,9-10,23,25H,3,7-8,11H2,1-2,4H3,(H,24,26,28). The molecule has 1 aliphatic rings. The van der Waals surface area contributed by atoms with Crippen LogP contribution in [0, 0.1) is 5.41 Å². The molecule has 156 valence electrons. The molecule has 1 amide bonds. The highest BCUT2D eigenvalue weighted by molar-refractivity contribution is 7.17. The van der Waals surface area contributed by atoms with Crippen LogP contribution in [-0.2, 0) is 0 Å². The van der Waals surface area contributed by atoms with Gasteiger partial charge < -0.3 is 9.72 Å². The van der Waals surface area contributed by atoms with Crippen molar-refractivity contribution >= 4 is 45.6 Å². The molecule has 3 aromatic rings. The summed E-state index contributed by atoms with van der Waals surface area (Å²) in [6.07, 6.45) is 2.96. The molecule has 0 bridgehead atoms. The molecule has 0 saturated carbocycles. The Morgan fingerprint density at radius 1 is 1.33 bits per heavy atom. The Labute approximate surface area is 178 Å². The fraction of sp³-hybridized carbons (Fsp3) is 0.333. The first-order chi connectivity index (χ1) is 14.4. The monoisotopic (exact) mass is 424 g/mol. The molecule has 30 heavy (non-hydrogen) atoms. The molecule has 0 unspecified atom stereocenters. The van der Waals surface area contributed by atoms with E-state index in [0.717, 1.165) is 41.6 Å². The van der Waals surface area contributed by atoms with Gasteiger partial charge in [-0.1, -0.05) is 18.9 Å².